The standard InChI is InChI=1S/C18H22N4O4/c23-18(6-7-24-15-4-2-1-3-5-15)21-8-16-17(9-21)26-11-14(10-25-16)22-13-19-12-20-22/h1-5,12-14,16-17H,6-11H2/t16-,17-/m0/s1. The predicted molar refractivity (Wildman–Crippen MR) is 91.7 cm³/mol. The van der Waals surface area contributed by atoms with Crippen molar-refractivity contribution < 1.29 is 19.0 Å². The van der Waals surface area contributed by atoms with E-state index in [1.807, 2.05) is 30.3 Å². The van der Waals surface area contributed by atoms with Gasteiger partial charge in [-0.1, -0.05) is 18.2 Å². The lowest BCUT2D eigenvalue weighted by atomic mass is 10.3. The first kappa shape index (κ1) is 17.0. The lowest BCUT2D eigenvalue weighted by Gasteiger charge is -2.18. The molecule has 1 aromatic heterocycles. The van der Waals surface area contributed by atoms with E-state index >= 15 is 0 Å². The Morgan fingerprint density at radius 3 is 2.54 bits per heavy atom. The van der Waals surface area contributed by atoms with Crippen LogP contribution in [-0.4, -0.2) is 70.7 Å². The Labute approximate surface area is 151 Å². The zero-order valence-corrected chi connectivity index (χ0v) is 14.4. The SMILES string of the molecule is O=C(CCOc1ccccc1)N1C[C@@H]2OCC(n3cncn3)CO[C@H]2C1. The minimum absolute atomic E-state index is 0.0199. The van der Waals surface area contributed by atoms with Gasteiger partial charge in [-0.05, 0) is 12.1 Å². The number of hydrogen-bond donors (Lipinski definition) is 0. The van der Waals surface area contributed by atoms with Crippen LogP contribution in [0.1, 0.15) is 12.5 Å². The van der Waals surface area contributed by atoms with Crippen LogP contribution in [0.3, 0.4) is 0 Å². The van der Waals surface area contributed by atoms with Crippen molar-refractivity contribution >= 4 is 5.91 Å². The second-order valence-electron chi connectivity index (χ2n) is 6.48. The average Bonchev–Trinajstić information content (AvgIpc) is 3.30. The third-order valence-electron chi connectivity index (χ3n) is 4.71. The molecular formula is C18H22N4O4. The molecule has 2 aromatic rings. The first-order valence-electron chi connectivity index (χ1n) is 8.82. The second kappa shape index (κ2) is 7.84. The first-order chi connectivity index (χ1) is 12.8. The highest BCUT2D eigenvalue weighted by atomic mass is 16.6. The van der Waals surface area contributed by atoms with Gasteiger partial charge in [-0.3, -0.25) is 4.79 Å². The minimum Gasteiger partial charge on any atom is -0.493 e. The molecule has 4 rings (SSSR count). The molecule has 2 fully saturated rings. The van der Waals surface area contributed by atoms with Gasteiger partial charge in [0.05, 0.1) is 26.2 Å². The number of amides is 1. The molecule has 138 valence electrons. The Balaban J connectivity index is 1.24. The Morgan fingerprint density at radius 1 is 1.15 bits per heavy atom. The number of carbonyl (C=O) groups is 1. The van der Waals surface area contributed by atoms with Crippen LogP contribution < -0.4 is 4.74 Å². The molecule has 0 bridgehead atoms. The quantitative estimate of drug-likeness (QED) is 0.791. The zero-order chi connectivity index (χ0) is 17.8. The number of rotatable bonds is 5. The van der Waals surface area contributed by atoms with Crippen LogP contribution in [-0.2, 0) is 14.3 Å². The van der Waals surface area contributed by atoms with Crippen molar-refractivity contribution in [3.8, 4) is 5.75 Å². The number of nitrogens with zero attached hydrogens (tertiary/aromatic N) is 4. The van der Waals surface area contributed by atoms with Crippen molar-refractivity contribution in [2.45, 2.75) is 24.7 Å². The molecule has 2 saturated heterocycles. The van der Waals surface area contributed by atoms with Crippen LogP contribution in [0.25, 0.3) is 0 Å². The van der Waals surface area contributed by atoms with E-state index in [9.17, 15) is 4.79 Å². The summed E-state index contributed by atoms with van der Waals surface area (Å²) >= 11 is 0. The van der Waals surface area contributed by atoms with E-state index < -0.39 is 0 Å². The summed E-state index contributed by atoms with van der Waals surface area (Å²) in [6, 6.07) is 9.53. The number of aromatic nitrogens is 3. The fraction of sp³-hybridized carbons (Fsp3) is 0.500. The maximum atomic E-state index is 12.4. The Bertz CT molecular complexity index is 693. The van der Waals surface area contributed by atoms with Gasteiger partial charge in [-0.15, -0.1) is 0 Å². The normalized spacial score (nSPS) is 23.5. The lowest BCUT2D eigenvalue weighted by molar-refractivity contribution is -0.131. The summed E-state index contributed by atoms with van der Waals surface area (Å²) in [6.45, 7) is 2.48. The number of hydrogen-bond acceptors (Lipinski definition) is 6. The average molecular weight is 358 g/mol. The highest BCUT2D eigenvalue weighted by Crippen LogP contribution is 2.24. The van der Waals surface area contributed by atoms with E-state index in [-0.39, 0.29) is 24.2 Å². The van der Waals surface area contributed by atoms with Gasteiger partial charge in [0.2, 0.25) is 5.91 Å². The molecule has 8 heteroatoms. The number of ether oxygens (including phenoxy) is 3. The highest BCUT2D eigenvalue weighted by Gasteiger charge is 2.39. The fourth-order valence-electron chi connectivity index (χ4n) is 3.27. The summed E-state index contributed by atoms with van der Waals surface area (Å²) in [5.41, 5.74) is 0. The third kappa shape index (κ3) is 3.86. The molecule has 0 unspecified atom stereocenters. The zero-order valence-electron chi connectivity index (χ0n) is 14.4. The van der Waals surface area contributed by atoms with E-state index in [0.29, 0.717) is 39.3 Å². The van der Waals surface area contributed by atoms with Crippen molar-refractivity contribution in [2.24, 2.45) is 0 Å². The molecule has 2 aliphatic heterocycles. The van der Waals surface area contributed by atoms with Crippen molar-refractivity contribution in [1.29, 1.82) is 0 Å². The summed E-state index contributed by atoms with van der Waals surface area (Å²) in [4.78, 5) is 18.2. The molecule has 0 spiro atoms. The Hall–Kier alpha value is -2.45. The predicted octanol–water partition coefficient (Wildman–Crippen LogP) is 0.914. The van der Waals surface area contributed by atoms with Crippen LogP contribution in [0, 0.1) is 0 Å². The van der Waals surface area contributed by atoms with Gasteiger partial charge in [0.15, 0.2) is 0 Å². The topological polar surface area (TPSA) is 78.7 Å². The molecule has 0 saturated carbocycles. The molecule has 0 N–H and O–H groups in total. The molecule has 0 aliphatic carbocycles. The molecule has 1 amide bonds. The second-order valence-corrected chi connectivity index (χ2v) is 6.48. The molecule has 26 heavy (non-hydrogen) atoms. The van der Waals surface area contributed by atoms with Crippen LogP contribution in [0.15, 0.2) is 43.0 Å². The van der Waals surface area contributed by atoms with Crippen LogP contribution >= 0.6 is 0 Å². The molecule has 2 atom stereocenters. The van der Waals surface area contributed by atoms with Gasteiger partial charge in [-0.2, -0.15) is 5.10 Å². The summed E-state index contributed by atoms with van der Waals surface area (Å²) in [7, 11) is 0. The van der Waals surface area contributed by atoms with Gasteiger partial charge < -0.3 is 19.1 Å². The minimum atomic E-state index is -0.0949. The first-order valence-corrected chi connectivity index (χ1v) is 8.82. The van der Waals surface area contributed by atoms with Crippen molar-refractivity contribution in [3.63, 3.8) is 0 Å². The van der Waals surface area contributed by atoms with Crippen molar-refractivity contribution in [3.05, 3.63) is 43.0 Å². The maximum Gasteiger partial charge on any atom is 0.226 e. The Kier molecular flexibility index (Phi) is 5.12. The smallest absolute Gasteiger partial charge is 0.226 e. The van der Waals surface area contributed by atoms with Crippen molar-refractivity contribution in [2.75, 3.05) is 32.9 Å². The largest absolute Gasteiger partial charge is 0.493 e. The maximum absolute atomic E-state index is 12.4. The monoisotopic (exact) mass is 358 g/mol. The molecule has 2 aliphatic rings. The van der Waals surface area contributed by atoms with Crippen LogP contribution in [0.4, 0.5) is 0 Å². The van der Waals surface area contributed by atoms with E-state index in [2.05, 4.69) is 10.1 Å². The van der Waals surface area contributed by atoms with Gasteiger partial charge in [0, 0.05) is 13.1 Å². The molecule has 1 aromatic carbocycles. The number of para-hydroxylation sites is 1. The van der Waals surface area contributed by atoms with Gasteiger partial charge in [-0.25, -0.2) is 9.67 Å². The van der Waals surface area contributed by atoms with Gasteiger partial charge in [0.1, 0.15) is 36.7 Å². The van der Waals surface area contributed by atoms with E-state index in [0.717, 1.165) is 5.75 Å². The van der Waals surface area contributed by atoms with Gasteiger partial charge in [0.25, 0.3) is 0 Å². The number of benzene rings is 1. The van der Waals surface area contributed by atoms with Crippen molar-refractivity contribution in [1.82, 2.24) is 19.7 Å². The lowest BCUT2D eigenvalue weighted by Crippen LogP contribution is -2.32. The number of carbonyl (C=O) groups excluding carboxylic acids is 1. The molecular weight excluding hydrogens is 336 g/mol. The third-order valence-corrected chi connectivity index (χ3v) is 4.71. The Morgan fingerprint density at radius 2 is 1.88 bits per heavy atom. The molecule has 0 radical (unpaired) electrons. The van der Waals surface area contributed by atoms with Gasteiger partial charge >= 0.3 is 0 Å². The summed E-state index contributed by atoms with van der Waals surface area (Å²) in [6.07, 6.45) is 3.32. The molecule has 3 heterocycles. The van der Waals surface area contributed by atoms with Crippen LogP contribution in [0.2, 0.25) is 0 Å². The fourth-order valence-corrected chi connectivity index (χ4v) is 3.27. The summed E-state index contributed by atoms with van der Waals surface area (Å²) in [5.74, 6) is 0.840. The van der Waals surface area contributed by atoms with Crippen LogP contribution in [0.5, 0.6) is 5.75 Å². The highest BCUT2D eigenvalue weighted by molar-refractivity contribution is 5.76. The molecule has 8 nitrogen and oxygen atoms in total. The summed E-state index contributed by atoms with van der Waals surface area (Å²) < 4.78 is 19.3. The van der Waals surface area contributed by atoms with E-state index in [1.165, 1.54) is 6.33 Å². The number of fused-ring (bicyclic) bond motifs is 1. The van der Waals surface area contributed by atoms with E-state index in [1.54, 1.807) is 15.9 Å². The summed E-state index contributed by atoms with van der Waals surface area (Å²) in [5, 5.41) is 4.14. The number of likely N-dealkylation sites (tertiary alicyclic amines) is 1. The van der Waals surface area contributed by atoms with E-state index in [4.69, 9.17) is 14.2 Å².